The molecule has 0 aromatic heterocycles. The minimum Gasteiger partial charge on any atom is -0.459 e. The van der Waals surface area contributed by atoms with Crippen molar-refractivity contribution in [3.05, 3.63) is 11.3 Å². The summed E-state index contributed by atoms with van der Waals surface area (Å²) in [7, 11) is 9.66. The second kappa shape index (κ2) is 14.0. The van der Waals surface area contributed by atoms with Gasteiger partial charge in [0.2, 0.25) is 0 Å². The van der Waals surface area contributed by atoms with Crippen LogP contribution in [0.4, 0.5) is 0 Å². The Morgan fingerprint density at radius 3 is 2.24 bits per heavy atom. The molecule has 0 saturated carbocycles. The van der Waals surface area contributed by atoms with Crippen molar-refractivity contribution in [1.29, 1.82) is 0 Å². The maximum atomic E-state index is 14.1. The zero-order valence-electron chi connectivity index (χ0n) is 27.9. The fraction of sp³-hybridized carbons (Fsp3) is 0.875. The van der Waals surface area contributed by atoms with E-state index in [0.29, 0.717) is 19.4 Å². The van der Waals surface area contributed by atoms with E-state index >= 15 is 0 Å². The van der Waals surface area contributed by atoms with Crippen LogP contribution in [0.1, 0.15) is 67.2 Å². The van der Waals surface area contributed by atoms with E-state index in [0.717, 1.165) is 31.6 Å². The van der Waals surface area contributed by atoms with E-state index in [2.05, 4.69) is 30.8 Å². The van der Waals surface area contributed by atoms with E-state index in [-0.39, 0.29) is 30.5 Å². The van der Waals surface area contributed by atoms with E-state index in [1.807, 2.05) is 32.8 Å². The van der Waals surface area contributed by atoms with Crippen LogP contribution in [0.2, 0.25) is 0 Å². The molecular weight excluding hydrogens is 538 g/mol. The van der Waals surface area contributed by atoms with Crippen molar-refractivity contribution < 1.29 is 33.6 Å². The minimum absolute atomic E-state index is 0.138. The van der Waals surface area contributed by atoms with Crippen molar-refractivity contribution in [3.8, 4) is 0 Å². The van der Waals surface area contributed by atoms with Crippen LogP contribution < -0.4 is 0 Å². The third kappa shape index (κ3) is 7.74. The Balaban J connectivity index is 2.02. The predicted molar refractivity (Wildman–Crippen MR) is 162 cm³/mol. The summed E-state index contributed by atoms with van der Waals surface area (Å²) in [6.45, 7) is 13.9. The van der Waals surface area contributed by atoms with Gasteiger partial charge in [0.05, 0.1) is 23.5 Å². The molecule has 0 aromatic rings. The number of likely N-dealkylation sites (tertiary alicyclic amines) is 1. The number of piperidine rings is 1. The van der Waals surface area contributed by atoms with Gasteiger partial charge in [-0.1, -0.05) is 13.8 Å². The molecule has 3 aliphatic heterocycles. The number of hydrogen-bond donors (Lipinski definition) is 1. The molecule has 3 saturated heterocycles. The number of Topliss-reactive ketones (excluding diaryl/α,β-unsaturated/α-hetero) is 1. The van der Waals surface area contributed by atoms with Crippen LogP contribution in [0.15, 0.2) is 11.3 Å². The van der Waals surface area contributed by atoms with Gasteiger partial charge in [0.15, 0.2) is 12.1 Å². The molecule has 0 amide bonds. The molecule has 1 N–H and O–H groups in total. The topological polar surface area (TPSA) is 101 Å². The molecule has 242 valence electrons. The fourth-order valence-electron chi connectivity index (χ4n) is 7.02. The summed E-state index contributed by atoms with van der Waals surface area (Å²) < 4.78 is 24.9. The van der Waals surface area contributed by atoms with Gasteiger partial charge in [-0.25, -0.2) is 0 Å². The number of likely N-dealkylation sites (N-methyl/N-ethyl adjacent to an activating group) is 2. The summed E-state index contributed by atoms with van der Waals surface area (Å²) in [6, 6.07) is -0.168. The van der Waals surface area contributed by atoms with Crippen molar-refractivity contribution in [2.45, 2.75) is 103 Å². The van der Waals surface area contributed by atoms with Gasteiger partial charge < -0.3 is 38.8 Å². The molecular formula is C32H57N3O7. The van der Waals surface area contributed by atoms with E-state index in [1.54, 1.807) is 27.9 Å². The third-order valence-corrected chi connectivity index (χ3v) is 9.76. The van der Waals surface area contributed by atoms with E-state index < -0.39 is 41.4 Å². The molecule has 10 heteroatoms. The second-order valence-electron chi connectivity index (χ2n) is 14.0. The number of cyclic esters (lactones) is 1. The highest BCUT2D eigenvalue weighted by Gasteiger charge is 2.51. The molecule has 0 aliphatic carbocycles. The van der Waals surface area contributed by atoms with Gasteiger partial charge in [0.1, 0.15) is 18.1 Å². The van der Waals surface area contributed by atoms with Crippen molar-refractivity contribution in [3.63, 3.8) is 0 Å². The zero-order chi connectivity index (χ0) is 31.6. The van der Waals surface area contributed by atoms with E-state index in [4.69, 9.17) is 18.9 Å². The molecule has 0 bridgehead atoms. The van der Waals surface area contributed by atoms with Crippen molar-refractivity contribution in [1.82, 2.24) is 14.7 Å². The van der Waals surface area contributed by atoms with Gasteiger partial charge in [-0.3, -0.25) is 9.59 Å². The Kier molecular flexibility index (Phi) is 11.7. The summed E-state index contributed by atoms with van der Waals surface area (Å²) in [4.78, 5) is 34.2. The van der Waals surface area contributed by atoms with Crippen LogP contribution >= 0.6 is 0 Å². The maximum Gasteiger partial charge on any atom is 0.319 e. The smallest absolute Gasteiger partial charge is 0.319 e. The van der Waals surface area contributed by atoms with E-state index in [9.17, 15) is 14.7 Å². The molecule has 3 fully saturated rings. The second-order valence-corrected chi connectivity index (χ2v) is 14.0. The molecule has 3 aliphatic rings. The normalized spacial score (nSPS) is 38.1. The number of aliphatic hydroxyl groups is 1. The lowest BCUT2D eigenvalue weighted by Crippen LogP contribution is -2.59. The highest BCUT2D eigenvalue weighted by atomic mass is 16.7. The summed E-state index contributed by atoms with van der Waals surface area (Å²) in [5.74, 6) is -1.46. The molecule has 0 spiro atoms. The SMILES string of the molecule is CO[C@]1(C)C[C@@H](C)CN(C)C(=C2CCN(C)CC2)COC(=O)C(C)(C)C(=O)[C@H](C)[C@H]1O[C@@H]1O[C@H](C)C[C@H](N(C)C)[C@H]1O. The Morgan fingerprint density at radius 2 is 1.67 bits per heavy atom. The quantitative estimate of drug-likeness (QED) is 0.386. The molecule has 8 atom stereocenters. The number of aliphatic hydroxyl groups excluding tert-OH is 1. The largest absolute Gasteiger partial charge is 0.459 e. The van der Waals surface area contributed by atoms with Crippen LogP contribution in [0.5, 0.6) is 0 Å². The van der Waals surface area contributed by atoms with Gasteiger partial charge in [-0.2, -0.15) is 0 Å². The standard InChI is InChI=1S/C32H57N3O7/c1-20-17-32(6,39-11)28(42-29-26(36)24(33(7)8)16-21(2)41-29)22(3)27(37)31(4,5)30(38)40-19-25(35(10)18-20)23-12-14-34(9)15-13-23/h20-22,24,26,28-29,36H,12-19H2,1-11H3/t20-,21-,22+,24+,26-,28-,29+,32-/m1/s1. The van der Waals surface area contributed by atoms with Gasteiger partial charge in [0, 0.05) is 45.8 Å². The lowest BCUT2D eigenvalue weighted by molar-refractivity contribution is -0.295. The number of esters is 1. The van der Waals surface area contributed by atoms with Crippen molar-refractivity contribution in [2.24, 2.45) is 17.3 Å². The molecule has 0 unspecified atom stereocenters. The van der Waals surface area contributed by atoms with Gasteiger partial charge >= 0.3 is 5.97 Å². The Hall–Kier alpha value is -1.56. The summed E-state index contributed by atoms with van der Waals surface area (Å²) in [5, 5.41) is 11.3. The maximum absolute atomic E-state index is 14.1. The van der Waals surface area contributed by atoms with Crippen LogP contribution in [-0.4, -0.2) is 129 Å². The Labute approximate surface area is 253 Å². The number of carbonyl (C=O) groups is 2. The highest BCUT2D eigenvalue weighted by molar-refractivity contribution is 6.04. The first kappa shape index (κ1) is 34.9. The minimum atomic E-state index is -1.41. The third-order valence-electron chi connectivity index (χ3n) is 9.76. The van der Waals surface area contributed by atoms with Crippen molar-refractivity contribution in [2.75, 3.05) is 61.5 Å². The van der Waals surface area contributed by atoms with Crippen LogP contribution in [0.25, 0.3) is 0 Å². The highest BCUT2D eigenvalue weighted by Crippen LogP contribution is 2.38. The van der Waals surface area contributed by atoms with Gasteiger partial charge in [-0.15, -0.1) is 0 Å². The number of carbonyl (C=O) groups excluding carboxylic acids is 2. The zero-order valence-corrected chi connectivity index (χ0v) is 27.9. The predicted octanol–water partition coefficient (Wildman–Crippen LogP) is 2.93. The number of hydrogen-bond acceptors (Lipinski definition) is 10. The average molecular weight is 596 g/mol. The van der Waals surface area contributed by atoms with Crippen LogP contribution in [-0.2, 0) is 28.5 Å². The molecule has 42 heavy (non-hydrogen) atoms. The number of ether oxygens (including phenoxy) is 4. The summed E-state index contributed by atoms with van der Waals surface area (Å²) >= 11 is 0. The first-order chi connectivity index (χ1) is 19.5. The number of methoxy groups -OCH3 is 1. The van der Waals surface area contributed by atoms with Crippen LogP contribution in [0, 0.1) is 17.3 Å². The number of nitrogens with zero attached hydrogens (tertiary/aromatic N) is 3. The van der Waals surface area contributed by atoms with Crippen molar-refractivity contribution >= 4 is 11.8 Å². The molecule has 3 rings (SSSR count). The Morgan fingerprint density at radius 1 is 1.05 bits per heavy atom. The lowest BCUT2D eigenvalue weighted by atomic mass is 9.74. The summed E-state index contributed by atoms with van der Waals surface area (Å²) in [6.07, 6.45) is 0.263. The number of ketones is 1. The average Bonchev–Trinajstić information content (AvgIpc) is 2.92. The molecule has 0 aromatic carbocycles. The number of rotatable bonds is 4. The Bertz CT molecular complexity index is 975. The molecule has 0 radical (unpaired) electrons. The molecule has 10 nitrogen and oxygen atoms in total. The van der Waals surface area contributed by atoms with Gasteiger partial charge in [-0.05, 0) is 86.0 Å². The summed E-state index contributed by atoms with van der Waals surface area (Å²) in [5.41, 5.74) is -0.0104. The van der Waals surface area contributed by atoms with Gasteiger partial charge in [0.25, 0.3) is 0 Å². The van der Waals surface area contributed by atoms with Crippen LogP contribution in [0.3, 0.4) is 0 Å². The lowest BCUT2D eigenvalue weighted by Gasteiger charge is -2.47. The first-order valence-corrected chi connectivity index (χ1v) is 15.5. The monoisotopic (exact) mass is 595 g/mol. The van der Waals surface area contributed by atoms with E-state index in [1.165, 1.54) is 5.57 Å². The molecule has 3 heterocycles. The fourth-order valence-corrected chi connectivity index (χ4v) is 7.02. The first-order valence-electron chi connectivity index (χ1n) is 15.5.